The van der Waals surface area contributed by atoms with E-state index in [1.807, 2.05) is 28.9 Å². The maximum atomic E-state index is 11.2. The highest BCUT2D eigenvalue weighted by Gasteiger charge is 2.12. The molecule has 0 radical (unpaired) electrons. The van der Waals surface area contributed by atoms with Crippen molar-refractivity contribution in [2.75, 3.05) is 19.3 Å². The number of hydrogen-bond donors (Lipinski definition) is 2. The molecular weight excluding hydrogens is 372 g/mol. The van der Waals surface area contributed by atoms with Crippen molar-refractivity contribution in [3.63, 3.8) is 0 Å². The molecule has 0 aliphatic carbocycles. The summed E-state index contributed by atoms with van der Waals surface area (Å²) >= 11 is 0. The first-order chi connectivity index (χ1) is 13.4. The average Bonchev–Trinajstić information content (AvgIpc) is 3.04. The van der Waals surface area contributed by atoms with Gasteiger partial charge < -0.3 is 5.32 Å². The highest BCUT2D eigenvalue weighted by atomic mass is 32.2. The zero-order valence-corrected chi connectivity index (χ0v) is 17.0. The minimum atomic E-state index is -3.16. The normalized spacial score (nSPS) is 11.6. The van der Waals surface area contributed by atoms with Gasteiger partial charge in [0.05, 0.1) is 18.5 Å². The van der Waals surface area contributed by atoms with Gasteiger partial charge in [-0.15, -0.1) is 0 Å². The van der Waals surface area contributed by atoms with E-state index in [4.69, 9.17) is 5.10 Å². The molecule has 3 rings (SSSR count). The third kappa shape index (κ3) is 6.02. The third-order valence-electron chi connectivity index (χ3n) is 4.30. The molecule has 0 aliphatic heterocycles. The smallest absolute Gasteiger partial charge is 0.208 e. The van der Waals surface area contributed by atoms with E-state index in [2.05, 4.69) is 53.5 Å². The van der Waals surface area contributed by atoms with Crippen LogP contribution in [0.1, 0.15) is 16.7 Å². The second-order valence-electron chi connectivity index (χ2n) is 6.90. The SMILES string of the molecule is Cc1cccc(-c2nn(Cc3ccccc3)cc2CNCCNS(C)(=O)=O)c1. The van der Waals surface area contributed by atoms with E-state index >= 15 is 0 Å². The van der Waals surface area contributed by atoms with Crippen LogP contribution in [0.2, 0.25) is 0 Å². The predicted octanol–water partition coefficient (Wildman–Crippen LogP) is 2.55. The van der Waals surface area contributed by atoms with Crippen LogP contribution in [-0.2, 0) is 23.1 Å². The highest BCUT2D eigenvalue weighted by Crippen LogP contribution is 2.23. The Morgan fingerprint density at radius 2 is 1.82 bits per heavy atom. The molecule has 6 nitrogen and oxygen atoms in total. The minimum Gasteiger partial charge on any atom is -0.311 e. The Kier molecular flexibility index (Phi) is 6.61. The predicted molar refractivity (Wildman–Crippen MR) is 112 cm³/mol. The van der Waals surface area contributed by atoms with E-state index in [1.54, 1.807) is 0 Å². The lowest BCUT2D eigenvalue weighted by Crippen LogP contribution is -2.30. The lowest BCUT2D eigenvalue weighted by molar-refractivity contribution is 0.582. The molecule has 0 saturated carbocycles. The molecule has 1 aromatic heterocycles. The maximum absolute atomic E-state index is 11.2. The van der Waals surface area contributed by atoms with Gasteiger partial charge in [0.1, 0.15) is 0 Å². The van der Waals surface area contributed by atoms with Crippen LogP contribution >= 0.6 is 0 Å². The Labute approximate surface area is 166 Å². The van der Waals surface area contributed by atoms with Crippen LogP contribution < -0.4 is 10.0 Å². The van der Waals surface area contributed by atoms with Crippen LogP contribution in [-0.4, -0.2) is 37.5 Å². The van der Waals surface area contributed by atoms with Crippen LogP contribution in [0.25, 0.3) is 11.3 Å². The van der Waals surface area contributed by atoms with E-state index in [9.17, 15) is 8.42 Å². The molecule has 148 valence electrons. The minimum absolute atomic E-state index is 0.358. The van der Waals surface area contributed by atoms with Gasteiger partial charge in [0.2, 0.25) is 10.0 Å². The van der Waals surface area contributed by atoms with Crippen molar-refractivity contribution in [2.24, 2.45) is 0 Å². The van der Waals surface area contributed by atoms with Gasteiger partial charge >= 0.3 is 0 Å². The van der Waals surface area contributed by atoms with Gasteiger partial charge in [-0.25, -0.2) is 13.1 Å². The summed E-state index contributed by atoms with van der Waals surface area (Å²) in [7, 11) is -3.16. The summed E-state index contributed by atoms with van der Waals surface area (Å²) in [6, 6.07) is 18.5. The van der Waals surface area contributed by atoms with Crippen molar-refractivity contribution >= 4 is 10.0 Å². The van der Waals surface area contributed by atoms with E-state index < -0.39 is 10.0 Å². The van der Waals surface area contributed by atoms with Crippen LogP contribution in [0.3, 0.4) is 0 Å². The largest absolute Gasteiger partial charge is 0.311 e. The van der Waals surface area contributed by atoms with Crippen molar-refractivity contribution in [2.45, 2.75) is 20.0 Å². The monoisotopic (exact) mass is 398 g/mol. The van der Waals surface area contributed by atoms with Crippen LogP contribution in [0.4, 0.5) is 0 Å². The fourth-order valence-electron chi connectivity index (χ4n) is 3.03. The van der Waals surface area contributed by atoms with Gasteiger partial charge in [0.25, 0.3) is 0 Å². The number of rotatable bonds is 9. The standard InChI is InChI=1S/C21H26N4O2S/c1-17-7-6-10-19(13-17)21-20(14-22-11-12-23-28(2,26)27)16-25(24-21)15-18-8-4-3-5-9-18/h3-10,13,16,22-23H,11-12,14-15H2,1-2H3. The third-order valence-corrected chi connectivity index (χ3v) is 5.03. The molecule has 3 aromatic rings. The summed E-state index contributed by atoms with van der Waals surface area (Å²) in [5, 5.41) is 8.12. The second kappa shape index (κ2) is 9.14. The fourth-order valence-corrected chi connectivity index (χ4v) is 3.50. The molecule has 28 heavy (non-hydrogen) atoms. The van der Waals surface area contributed by atoms with Gasteiger partial charge in [-0.3, -0.25) is 4.68 Å². The molecule has 2 N–H and O–H groups in total. The molecule has 0 aliphatic rings. The van der Waals surface area contributed by atoms with Gasteiger partial charge in [0.15, 0.2) is 0 Å². The van der Waals surface area contributed by atoms with Crippen molar-refractivity contribution in [1.29, 1.82) is 0 Å². The summed E-state index contributed by atoms with van der Waals surface area (Å²) in [5.74, 6) is 0. The Bertz CT molecular complexity index is 1010. The first-order valence-electron chi connectivity index (χ1n) is 9.23. The molecule has 0 spiro atoms. The molecule has 0 unspecified atom stereocenters. The number of aromatic nitrogens is 2. The van der Waals surface area contributed by atoms with E-state index in [1.165, 1.54) is 11.1 Å². The zero-order chi connectivity index (χ0) is 20.0. The van der Waals surface area contributed by atoms with Crippen LogP contribution in [0.15, 0.2) is 60.8 Å². The number of nitrogens with zero attached hydrogens (tertiary/aromatic N) is 2. The lowest BCUT2D eigenvalue weighted by atomic mass is 10.1. The summed E-state index contributed by atoms with van der Waals surface area (Å²) in [6.07, 6.45) is 3.22. The van der Waals surface area contributed by atoms with Crippen molar-refractivity contribution < 1.29 is 8.42 Å². The molecule has 7 heteroatoms. The number of benzene rings is 2. The lowest BCUT2D eigenvalue weighted by Gasteiger charge is -2.06. The van der Waals surface area contributed by atoms with Crippen molar-refractivity contribution in [3.05, 3.63) is 77.5 Å². The fraction of sp³-hybridized carbons (Fsp3) is 0.286. The molecule has 0 atom stereocenters. The van der Waals surface area contributed by atoms with E-state index in [0.717, 1.165) is 23.1 Å². The van der Waals surface area contributed by atoms with Gasteiger partial charge in [-0.05, 0) is 18.6 Å². The molecule has 1 heterocycles. The molecule has 2 aromatic carbocycles. The van der Waals surface area contributed by atoms with E-state index in [-0.39, 0.29) is 0 Å². The van der Waals surface area contributed by atoms with Gasteiger partial charge in [-0.1, -0.05) is 54.1 Å². The Morgan fingerprint density at radius 3 is 2.54 bits per heavy atom. The molecule has 0 saturated heterocycles. The first-order valence-corrected chi connectivity index (χ1v) is 11.1. The first kappa shape index (κ1) is 20.3. The Morgan fingerprint density at radius 1 is 1.04 bits per heavy atom. The van der Waals surface area contributed by atoms with E-state index in [0.29, 0.717) is 26.2 Å². The highest BCUT2D eigenvalue weighted by molar-refractivity contribution is 7.88. The number of sulfonamides is 1. The van der Waals surface area contributed by atoms with Crippen LogP contribution in [0, 0.1) is 6.92 Å². The summed E-state index contributed by atoms with van der Waals surface area (Å²) in [4.78, 5) is 0. The molecule has 0 bridgehead atoms. The Hall–Kier alpha value is -2.48. The number of aryl methyl sites for hydroxylation is 1. The number of nitrogens with one attached hydrogen (secondary N) is 2. The Balaban J connectivity index is 1.76. The number of hydrogen-bond acceptors (Lipinski definition) is 4. The molecular formula is C21H26N4O2S. The molecule has 0 fully saturated rings. The second-order valence-corrected chi connectivity index (χ2v) is 8.73. The van der Waals surface area contributed by atoms with Crippen LogP contribution in [0.5, 0.6) is 0 Å². The quantitative estimate of drug-likeness (QED) is 0.543. The summed E-state index contributed by atoms with van der Waals surface area (Å²) in [5.41, 5.74) is 5.49. The topological polar surface area (TPSA) is 76.0 Å². The maximum Gasteiger partial charge on any atom is 0.208 e. The van der Waals surface area contributed by atoms with Gasteiger partial charge in [0, 0.05) is 37.0 Å². The summed E-state index contributed by atoms with van der Waals surface area (Å²) < 4.78 is 26.8. The average molecular weight is 399 g/mol. The van der Waals surface area contributed by atoms with Gasteiger partial charge in [-0.2, -0.15) is 5.10 Å². The van der Waals surface area contributed by atoms with Crippen molar-refractivity contribution in [3.8, 4) is 11.3 Å². The molecule has 0 amide bonds. The summed E-state index contributed by atoms with van der Waals surface area (Å²) in [6.45, 7) is 4.29. The zero-order valence-electron chi connectivity index (χ0n) is 16.2. The van der Waals surface area contributed by atoms with Crippen molar-refractivity contribution in [1.82, 2.24) is 19.8 Å².